The Morgan fingerprint density at radius 3 is 2.56 bits per heavy atom. The molecule has 0 aliphatic rings. The Labute approximate surface area is 160 Å². The van der Waals surface area contributed by atoms with Gasteiger partial charge in [0.25, 0.3) is 0 Å². The Hall–Kier alpha value is -2.88. The molecule has 0 saturated heterocycles. The van der Waals surface area contributed by atoms with Crippen LogP contribution in [0.2, 0.25) is 0 Å². The number of oxazole rings is 1. The first-order chi connectivity index (χ1) is 13.1. The highest BCUT2D eigenvalue weighted by Crippen LogP contribution is 2.24. The zero-order chi connectivity index (χ0) is 19.2. The first kappa shape index (κ1) is 18.9. The van der Waals surface area contributed by atoms with Crippen LogP contribution >= 0.6 is 0 Å². The van der Waals surface area contributed by atoms with Crippen molar-refractivity contribution in [1.82, 2.24) is 4.98 Å². The molecule has 0 saturated carbocycles. The van der Waals surface area contributed by atoms with E-state index in [-0.39, 0.29) is 5.91 Å². The standard InChI is InChI=1S/C23H26N2O2/c1-4-17-7-5-6-8-20(17)25-22(26)13-14-23-24-15-21(27-23)19-11-9-18(10-12-19)16(2)3/h5-12,15-16H,4,13-14H2,1-3H3,(H,25,26). The lowest BCUT2D eigenvalue weighted by atomic mass is 10.0. The Bertz CT molecular complexity index is 895. The van der Waals surface area contributed by atoms with Gasteiger partial charge in [0.1, 0.15) is 0 Å². The number of para-hydroxylation sites is 1. The van der Waals surface area contributed by atoms with Crippen molar-refractivity contribution in [3.05, 3.63) is 71.7 Å². The average Bonchev–Trinajstić information content (AvgIpc) is 3.16. The van der Waals surface area contributed by atoms with E-state index in [0.717, 1.165) is 29.0 Å². The maximum Gasteiger partial charge on any atom is 0.224 e. The number of hydrogen-bond donors (Lipinski definition) is 1. The van der Waals surface area contributed by atoms with Gasteiger partial charge in [-0.15, -0.1) is 0 Å². The molecule has 1 amide bonds. The van der Waals surface area contributed by atoms with Crippen LogP contribution in [0.5, 0.6) is 0 Å². The highest BCUT2D eigenvalue weighted by Gasteiger charge is 2.11. The highest BCUT2D eigenvalue weighted by molar-refractivity contribution is 5.91. The third kappa shape index (κ3) is 4.85. The minimum atomic E-state index is -0.0306. The van der Waals surface area contributed by atoms with Gasteiger partial charge in [-0.25, -0.2) is 4.98 Å². The predicted octanol–water partition coefficient (Wildman–Crippen LogP) is 5.60. The van der Waals surface area contributed by atoms with Crippen molar-refractivity contribution < 1.29 is 9.21 Å². The van der Waals surface area contributed by atoms with Crippen LogP contribution in [0.15, 0.2) is 59.1 Å². The van der Waals surface area contributed by atoms with Crippen LogP contribution in [0, 0.1) is 0 Å². The number of nitrogens with one attached hydrogen (secondary N) is 1. The lowest BCUT2D eigenvalue weighted by molar-refractivity contribution is -0.116. The number of aryl methyl sites for hydroxylation is 2. The molecule has 1 N–H and O–H groups in total. The molecule has 0 spiro atoms. The maximum absolute atomic E-state index is 12.3. The summed E-state index contributed by atoms with van der Waals surface area (Å²) < 4.78 is 5.82. The summed E-state index contributed by atoms with van der Waals surface area (Å²) in [5, 5.41) is 2.98. The molecule has 3 rings (SSSR count). The first-order valence-electron chi connectivity index (χ1n) is 9.49. The summed E-state index contributed by atoms with van der Waals surface area (Å²) in [7, 11) is 0. The summed E-state index contributed by atoms with van der Waals surface area (Å²) >= 11 is 0. The summed E-state index contributed by atoms with van der Waals surface area (Å²) in [4.78, 5) is 16.6. The lowest BCUT2D eigenvalue weighted by Gasteiger charge is -2.09. The van der Waals surface area contributed by atoms with E-state index < -0.39 is 0 Å². The minimum Gasteiger partial charge on any atom is -0.441 e. The van der Waals surface area contributed by atoms with Crippen LogP contribution in [0.4, 0.5) is 5.69 Å². The predicted molar refractivity (Wildman–Crippen MR) is 109 cm³/mol. The molecular weight excluding hydrogens is 336 g/mol. The second-order valence-electron chi connectivity index (χ2n) is 6.95. The van der Waals surface area contributed by atoms with Crippen LogP contribution in [0.25, 0.3) is 11.3 Å². The average molecular weight is 362 g/mol. The quantitative estimate of drug-likeness (QED) is 0.595. The third-order valence-corrected chi connectivity index (χ3v) is 4.65. The Balaban J connectivity index is 1.58. The zero-order valence-corrected chi connectivity index (χ0v) is 16.2. The number of anilines is 1. The molecule has 140 valence electrons. The number of carbonyl (C=O) groups is 1. The molecule has 1 aromatic heterocycles. The van der Waals surface area contributed by atoms with Gasteiger partial charge in [-0.2, -0.15) is 0 Å². The first-order valence-corrected chi connectivity index (χ1v) is 9.49. The van der Waals surface area contributed by atoms with Gasteiger partial charge < -0.3 is 9.73 Å². The van der Waals surface area contributed by atoms with E-state index in [2.05, 4.69) is 43.2 Å². The summed E-state index contributed by atoms with van der Waals surface area (Å²) in [6, 6.07) is 16.2. The second kappa shape index (κ2) is 8.67. The van der Waals surface area contributed by atoms with Gasteiger partial charge in [-0.05, 0) is 29.5 Å². The molecule has 0 radical (unpaired) electrons. The molecule has 4 heteroatoms. The number of rotatable bonds is 7. The molecule has 0 bridgehead atoms. The van der Waals surface area contributed by atoms with Gasteiger partial charge in [0.2, 0.25) is 5.91 Å². The van der Waals surface area contributed by atoms with E-state index in [4.69, 9.17) is 4.42 Å². The molecule has 0 fully saturated rings. The fourth-order valence-electron chi connectivity index (χ4n) is 2.98. The molecular formula is C23H26N2O2. The summed E-state index contributed by atoms with van der Waals surface area (Å²) in [5.41, 5.74) is 4.31. The number of nitrogens with zero attached hydrogens (tertiary/aromatic N) is 1. The third-order valence-electron chi connectivity index (χ3n) is 4.65. The number of aromatic nitrogens is 1. The number of benzene rings is 2. The summed E-state index contributed by atoms with van der Waals surface area (Å²) in [5.74, 6) is 1.78. The van der Waals surface area contributed by atoms with E-state index in [1.807, 2.05) is 36.4 Å². The van der Waals surface area contributed by atoms with Crippen LogP contribution in [0.1, 0.15) is 50.1 Å². The van der Waals surface area contributed by atoms with Gasteiger partial charge in [0, 0.05) is 24.1 Å². The van der Waals surface area contributed by atoms with Gasteiger partial charge in [-0.1, -0.05) is 63.2 Å². The van der Waals surface area contributed by atoms with E-state index >= 15 is 0 Å². The van der Waals surface area contributed by atoms with Crippen molar-refractivity contribution in [2.24, 2.45) is 0 Å². The normalized spacial score (nSPS) is 11.0. The Kier molecular flexibility index (Phi) is 6.07. The summed E-state index contributed by atoms with van der Waals surface area (Å²) in [6.07, 6.45) is 3.42. The monoisotopic (exact) mass is 362 g/mol. The number of amides is 1. The Morgan fingerprint density at radius 1 is 1.11 bits per heavy atom. The zero-order valence-electron chi connectivity index (χ0n) is 16.2. The van der Waals surface area contributed by atoms with Crippen LogP contribution in [-0.4, -0.2) is 10.9 Å². The Morgan fingerprint density at radius 2 is 1.85 bits per heavy atom. The second-order valence-corrected chi connectivity index (χ2v) is 6.95. The van der Waals surface area contributed by atoms with Crippen LogP contribution in [0.3, 0.4) is 0 Å². The highest BCUT2D eigenvalue weighted by atomic mass is 16.4. The van der Waals surface area contributed by atoms with Crippen LogP contribution < -0.4 is 5.32 Å². The largest absolute Gasteiger partial charge is 0.441 e. The minimum absolute atomic E-state index is 0.0306. The van der Waals surface area contributed by atoms with Gasteiger partial charge >= 0.3 is 0 Å². The van der Waals surface area contributed by atoms with Gasteiger partial charge in [-0.3, -0.25) is 4.79 Å². The van der Waals surface area contributed by atoms with Crippen molar-refractivity contribution in [3.8, 4) is 11.3 Å². The van der Waals surface area contributed by atoms with E-state index in [1.54, 1.807) is 6.20 Å². The molecule has 0 aliphatic heterocycles. The summed E-state index contributed by atoms with van der Waals surface area (Å²) in [6.45, 7) is 6.42. The van der Waals surface area contributed by atoms with Crippen molar-refractivity contribution in [2.75, 3.05) is 5.32 Å². The molecule has 3 aromatic rings. The van der Waals surface area contributed by atoms with Crippen molar-refractivity contribution >= 4 is 11.6 Å². The van der Waals surface area contributed by atoms with Crippen molar-refractivity contribution in [2.45, 2.75) is 46.0 Å². The molecule has 1 heterocycles. The van der Waals surface area contributed by atoms with Gasteiger partial charge in [0.15, 0.2) is 11.7 Å². The van der Waals surface area contributed by atoms with Gasteiger partial charge in [0.05, 0.1) is 6.20 Å². The molecule has 0 aliphatic carbocycles. The van der Waals surface area contributed by atoms with E-state index in [0.29, 0.717) is 24.7 Å². The SMILES string of the molecule is CCc1ccccc1NC(=O)CCc1ncc(-c2ccc(C(C)C)cc2)o1. The molecule has 4 nitrogen and oxygen atoms in total. The molecule has 2 aromatic carbocycles. The molecule has 0 atom stereocenters. The maximum atomic E-state index is 12.3. The molecule has 27 heavy (non-hydrogen) atoms. The fraction of sp³-hybridized carbons (Fsp3) is 0.304. The smallest absolute Gasteiger partial charge is 0.224 e. The van der Waals surface area contributed by atoms with Crippen molar-refractivity contribution in [3.63, 3.8) is 0 Å². The fourth-order valence-corrected chi connectivity index (χ4v) is 2.98. The lowest BCUT2D eigenvalue weighted by Crippen LogP contribution is -2.13. The number of carbonyl (C=O) groups excluding carboxylic acids is 1. The van der Waals surface area contributed by atoms with E-state index in [9.17, 15) is 4.79 Å². The van der Waals surface area contributed by atoms with Crippen LogP contribution in [-0.2, 0) is 17.6 Å². The molecule has 0 unspecified atom stereocenters. The topological polar surface area (TPSA) is 55.1 Å². The number of hydrogen-bond acceptors (Lipinski definition) is 3. The van der Waals surface area contributed by atoms with E-state index in [1.165, 1.54) is 5.56 Å². The van der Waals surface area contributed by atoms with Crippen molar-refractivity contribution in [1.29, 1.82) is 0 Å².